The van der Waals surface area contributed by atoms with Crippen LogP contribution in [-0.4, -0.2) is 23.3 Å². The SMILES string of the molecule is COC(=O)c1cc(C2(N)CCCCC2)c(O)cc1O. The molecule has 1 aliphatic carbocycles. The van der Waals surface area contributed by atoms with Crippen LogP contribution in [0.15, 0.2) is 12.1 Å². The molecule has 1 saturated carbocycles. The van der Waals surface area contributed by atoms with Crippen molar-refractivity contribution >= 4 is 5.97 Å². The lowest BCUT2D eigenvalue weighted by Gasteiger charge is -2.34. The molecule has 0 radical (unpaired) electrons. The highest BCUT2D eigenvalue weighted by molar-refractivity contribution is 5.93. The molecule has 0 spiro atoms. The van der Waals surface area contributed by atoms with E-state index < -0.39 is 11.5 Å². The van der Waals surface area contributed by atoms with Gasteiger partial charge in [0.15, 0.2) is 0 Å². The zero-order valence-electron chi connectivity index (χ0n) is 11.0. The molecule has 1 aliphatic rings. The fourth-order valence-corrected chi connectivity index (χ4v) is 2.70. The van der Waals surface area contributed by atoms with Crippen molar-refractivity contribution in [2.24, 2.45) is 5.73 Å². The predicted octanol–water partition coefficient (Wildman–Crippen LogP) is 2.00. The Morgan fingerprint density at radius 2 is 1.84 bits per heavy atom. The topological polar surface area (TPSA) is 92.8 Å². The minimum atomic E-state index is -0.641. The van der Waals surface area contributed by atoms with E-state index in [1.807, 2.05) is 0 Å². The van der Waals surface area contributed by atoms with Crippen LogP contribution in [0.4, 0.5) is 0 Å². The van der Waals surface area contributed by atoms with E-state index in [0.717, 1.165) is 38.2 Å². The Morgan fingerprint density at radius 1 is 1.21 bits per heavy atom. The average molecular weight is 265 g/mol. The number of benzene rings is 1. The Balaban J connectivity index is 2.47. The maximum Gasteiger partial charge on any atom is 0.341 e. The van der Waals surface area contributed by atoms with Crippen molar-refractivity contribution < 1.29 is 19.7 Å². The van der Waals surface area contributed by atoms with Crippen molar-refractivity contribution in [1.82, 2.24) is 0 Å². The van der Waals surface area contributed by atoms with Crippen LogP contribution in [0.2, 0.25) is 0 Å². The lowest BCUT2D eigenvalue weighted by atomic mass is 9.76. The third-order valence-corrected chi connectivity index (χ3v) is 3.80. The van der Waals surface area contributed by atoms with Crippen molar-refractivity contribution in [2.45, 2.75) is 37.6 Å². The summed E-state index contributed by atoms with van der Waals surface area (Å²) in [6.07, 6.45) is 4.62. The van der Waals surface area contributed by atoms with E-state index in [-0.39, 0.29) is 17.1 Å². The molecule has 0 aromatic heterocycles. The Bertz CT molecular complexity index is 492. The number of carbonyl (C=O) groups is 1. The molecule has 0 atom stereocenters. The van der Waals surface area contributed by atoms with E-state index in [1.54, 1.807) is 0 Å². The monoisotopic (exact) mass is 265 g/mol. The van der Waals surface area contributed by atoms with Crippen molar-refractivity contribution in [1.29, 1.82) is 0 Å². The first-order chi connectivity index (χ1) is 8.98. The minimum Gasteiger partial charge on any atom is -0.507 e. The first-order valence-corrected chi connectivity index (χ1v) is 6.41. The van der Waals surface area contributed by atoms with Crippen LogP contribution in [0.25, 0.3) is 0 Å². The van der Waals surface area contributed by atoms with Crippen LogP contribution in [0, 0.1) is 0 Å². The van der Waals surface area contributed by atoms with Gasteiger partial charge in [0.05, 0.1) is 7.11 Å². The predicted molar refractivity (Wildman–Crippen MR) is 70.1 cm³/mol. The van der Waals surface area contributed by atoms with Gasteiger partial charge in [0.25, 0.3) is 0 Å². The van der Waals surface area contributed by atoms with Gasteiger partial charge in [-0.25, -0.2) is 4.79 Å². The van der Waals surface area contributed by atoms with Gasteiger partial charge in [-0.15, -0.1) is 0 Å². The maximum atomic E-state index is 11.6. The third kappa shape index (κ3) is 2.51. The summed E-state index contributed by atoms with van der Waals surface area (Å²) < 4.78 is 4.61. The quantitative estimate of drug-likeness (QED) is 0.711. The van der Waals surface area contributed by atoms with Crippen molar-refractivity contribution in [3.05, 3.63) is 23.3 Å². The highest BCUT2D eigenvalue weighted by Gasteiger charge is 2.33. The molecule has 1 aromatic rings. The summed E-state index contributed by atoms with van der Waals surface area (Å²) in [6.45, 7) is 0. The minimum absolute atomic E-state index is 0.0331. The molecule has 0 unspecified atom stereocenters. The standard InChI is InChI=1S/C14H19NO4/c1-19-13(18)9-7-10(12(17)8-11(9)16)14(15)5-3-2-4-6-14/h7-8,16-17H,2-6,15H2,1H3. The Morgan fingerprint density at radius 3 is 2.42 bits per heavy atom. The van der Waals surface area contributed by atoms with Gasteiger partial charge in [0.2, 0.25) is 0 Å². The summed E-state index contributed by atoms with van der Waals surface area (Å²) >= 11 is 0. The Labute approximate surface area is 112 Å². The number of hydrogen-bond acceptors (Lipinski definition) is 5. The van der Waals surface area contributed by atoms with E-state index >= 15 is 0 Å². The van der Waals surface area contributed by atoms with Gasteiger partial charge in [-0.3, -0.25) is 0 Å². The van der Waals surface area contributed by atoms with Crippen LogP contribution >= 0.6 is 0 Å². The van der Waals surface area contributed by atoms with Crippen molar-refractivity contribution in [3.63, 3.8) is 0 Å². The number of carbonyl (C=O) groups excluding carboxylic acids is 1. The van der Waals surface area contributed by atoms with Crippen LogP contribution in [-0.2, 0) is 10.3 Å². The van der Waals surface area contributed by atoms with Crippen LogP contribution in [0.1, 0.15) is 48.0 Å². The molecule has 0 saturated heterocycles. The van der Waals surface area contributed by atoms with Crippen LogP contribution < -0.4 is 5.73 Å². The first-order valence-electron chi connectivity index (χ1n) is 6.41. The van der Waals surface area contributed by atoms with E-state index in [1.165, 1.54) is 13.2 Å². The summed E-state index contributed by atoms with van der Waals surface area (Å²) in [5.74, 6) is -1.01. The zero-order chi connectivity index (χ0) is 14.0. The summed E-state index contributed by atoms with van der Waals surface area (Å²) in [5, 5.41) is 19.7. The number of ether oxygens (including phenoxy) is 1. The van der Waals surface area contributed by atoms with Gasteiger partial charge in [-0.2, -0.15) is 0 Å². The lowest BCUT2D eigenvalue weighted by Crippen LogP contribution is -2.38. The number of nitrogens with two attached hydrogens (primary N) is 1. The Hall–Kier alpha value is -1.75. The van der Waals surface area contributed by atoms with Crippen LogP contribution in [0.3, 0.4) is 0 Å². The normalized spacial score (nSPS) is 18.0. The van der Waals surface area contributed by atoms with E-state index in [9.17, 15) is 15.0 Å². The number of hydrogen-bond donors (Lipinski definition) is 3. The second kappa shape index (κ2) is 5.09. The van der Waals surface area contributed by atoms with E-state index in [4.69, 9.17) is 5.73 Å². The van der Waals surface area contributed by atoms with Crippen LogP contribution in [0.5, 0.6) is 11.5 Å². The lowest BCUT2D eigenvalue weighted by molar-refractivity contribution is 0.0597. The van der Waals surface area contributed by atoms with Gasteiger partial charge in [-0.1, -0.05) is 19.3 Å². The molecule has 1 fully saturated rings. The number of rotatable bonds is 2. The third-order valence-electron chi connectivity index (χ3n) is 3.80. The number of aromatic hydroxyl groups is 2. The average Bonchev–Trinajstić information content (AvgIpc) is 2.38. The highest BCUT2D eigenvalue weighted by Crippen LogP contribution is 2.41. The van der Waals surface area contributed by atoms with E-state index in [2.05, 4.69) is 4.74 Å². The molecule has 4 N–H and O–H groups in total. The van der Waals surface area contributed by atoms with E-state index in [0.29, 0.717) is 5.56 Å². The molecule has 0 heterocycles. The molecule has 19 heavy (non-hydrogen) atoms. The van der Waals surface area contributed by atoms with Gasteiger partial charge < -0.3 is 20.7 Å². The van der Waals surface area contributed by atoms with Gasteiger partial charge in [0, 0.05) is 17.2 Å². The molecule has 0 amide bonds. The molecule has 5 heteroatoms. The summed E-state index contributed by atoms with van der Waals surface area (Å²) in [4.78, 5) is 11.6. The second-order valence-corrected chi connectivity index (χ2v) is 5.09. The van der Waals surface area contributed by atoms with Crippen molar-refractivity contribution in [3.8, 4) is 11.5 Å². The molecule has 2 rings (SSSR count). The molecule has 5 nitrogen and oxygen atoms in total. The summed E-state index contributed by atoms with van der Waals surface area (Å²) in [6, 6.07) is 2.60. The molecular formula is C14H19NO4. The number of phenols is 2. The molecule has 1 aromatic carbocycles. The molecule has 0 aliphatic heterocycles. The summed E-state index contributed by atoms with van der Waals surface area (Å²) in [7, 11) is 1.24. The Kier molecular flexibility index (Phi) is 3.66. The van der Waals surface area contributed by atoms with Gasteiger partial charge >= 0.3 is 5.97 Å². The van der Waals surface area contributed by atoms with Gasteiger partial charge in [0.1, 0.15) is 17.1 Å². The summed E-state index contributed by atoms with van der Waals surface area (Å²) in [5.41, 5.74) is 6.25. The zero-order valence-corrected chi connectivity index (χ0v) is 11.0. The smallest absolute Gasteiger partial charge is 0.341 e. The second-order valence-electron chi connectivity index (χ2n) is 5.09. The first kappa shape index (κ1) is 13.7. The number of methoxy groups -OCH3 is 1. The maximum absolute atomic E-state index is 11.6. The van der Waals surface area contributed by atoms with Gasteiger partial charge in [-0.05, 0) is 18.9 Å². The molecule has 104 valence electrons. The van der Waals surface area contributed by atoms with Crippen molar-refractivity contribution in [2.75, 3.05) is 7.11 Å². The number of esters is 1. The fraction of sp³-hybridized carbons (Fsp3) is 0.500. The molecular weight excluding hydrogens is 246 g/mol. The fourth-order valence-electron chi connectivity index (χ4n) is 2.70. The molecule has 0 bridgehead atoms. The highest BCUT2D eigenvalue weighted by atomic mass is 16.5. The number of phenolic OH excluding ortho intramolecular Hbond substituents is 2. The largest absolute Gasteiger partial charge is 0.507 e.